The summed E-state index contributed by atoms with van der Waals surface area (Å²) in [4.78, 5) is 24.1. The van der Waals surface area contributed by atoms with Gasteiger partial charge in [0.05, 0.1) is 0 Å². The van der Waals surface area contributed by atoms with Gasteiger partial charge in [-0.25, -0.2) is 0 Å². The molecule has 9 heteroatoms. The molecule has 148 valence electrons. The van der Waals surface area contributed by atoms with Crippen LogP contribution < -0.4 is 10.6 Å². The first kappa shape index (κ1) is 20.7. The van der Waals surface area contributed by atoms with Crippen LogP contribution in [0.25, 0.3) is 0 Å². The van der Waals surface area contributed by atoms with E-state index in [1.807, 2.05) is 0 Å². The largest absolute Gasteiger partial charge is 0.365 e. The monoisotopic (exact) mass is 370 g/mol. The molecule has 2 rings (SSSR count). The molecule has 0 heterocycles. The first-order valence-corrected chi connectivity index (χ1v) is 9.44. The predicted octanol–water partition coefficient (Wildman–Crippen LogP) is 0.683. The Kier molecular flexibility index (Phi) is 7.08. The van der Waals surface area contributed by atoms with E-state index in [0.29, 0.717) is 0 Å². The molecule has 2 saturated carbocycles. The van der Waals surface area contributed by atoms with Gasteiger partial charge in [-0.15, -0.1) is 10.2 Å². The van der Waals surface area contributed by atoms with Gasteiger partial charge >= 0.3 is 11.8 Å². The molecule has 9 nitrogen and oxygen atoms in total. The summed E-state index contributed by atoms with van der Waals surface area (Å²) >= 11 is 0. The number of aliphatic hydroxyl groups is 3. The summed E-state index contributed by atoms with van der Waals surface area (Å²) in [5, 5.41) is 41.4. The molecule has 2 aliphatic carbocycles. The summed E-state index contributed by atoms with van der Waals surface area (Å²) in [5.41, 5.74) is -2.29. The van der Waals surface area contributed by atoms with Crippen LogP contribution in [-0.2, 0) is 9.59 Å². The number of nitrogens with zero attached hydrogens (tertiary/aromatic N) is 2. The minimum atomic E-state index is -3.13. The Morgan fingerprint density at radius 3 is 1.65 bits per heavy atom. The molecule has 0 aromatic carbocycles. The van der Waals surface area contributed by atoms with Gasteiger partial charge in [0.1, 0.15) is 0 Å². The topological polar surface area (TPSA) is 144 Å². The number of hydrogen-bond donors (Lipinski definition) is 5. The summed E-state index contributed by atoms with van der Waals surface area (Å²) in [6, 6.07) is -0.180. The zero-order valence-corrected chi connectivity index (χ0v) is 15.3. The maximum absolute atomic E-state index is 12.2. The van der Waals surface area contributed by atoms with Crippen LogP contribution in [0, 0.1) is 0 Å². The number of carbonyl (C=O) groups excluding carboxylic acids is 2. The Morgan fingerprint density at radius 2 is 1.19 bits per heavy atom. The third kappa shape index (κ3) is 6.00. The molecule has 0 aliphatic heterocycles. The quantitative estimate of drug-likeness (QED) is 0.345. The van der Waals surface area contributed by atoms with Crippen LogP contribution in [0.15, 0.2) is 10.2 Å². The lowest BCUT2D eigenvalue weighted by Gasteiger charge is -2.27. The number of hydrogen-bond acceptors (Lipinski definition) is 7. The summed E-state index contributed by atoms with van der Waals surface area (Å²) < 4.78 is 0. The Balaban J connectivity index is 1.90. The maximum atomic E-state index is 12.2. The summed E-state index contributed by atoms with van der Waals surface area (Å²) in [7, 11) is 0. The first-order chi connectivity index (χ1) is 12.2. The van der Waals surface area contributed by atoms with Crippen molar-refractivity contribution in [3.63, 3.8) is 0 Å². The minimum Gasteiger partial charge on any atom is -0.361 e. The Morgan fingerprint density at radius 1 is 0.769 bits per heavy atom. The maximum Gasteiger partial charge on any atom is 0.365 e. The number of nitrogens with one attached hydrogen (secondary N) is 2. The lowest BCUT2D eigenvalue weighted by atomic mass is 9.95. The molecule has 26 heavy (non-hydrogen) atoms. The van der Waals surface area contributed by atoms with E-state index in [2.05, 4.69) is 20.9 Å². The summed E-state index contributed by atoms with van der Waals surface area (Å²) in [6.07, 6.45) is 9.34. The van der Waals surface area contributed by atoms with Gasteiger partial charge in [-0.05, 0) is 32.6 Å². The highest BCUT2D eigenvalue weighted by molar-refractivity contribution is 5.85. The second-order valence-corrected chi connectivity index (χ2v) is 7.47. The van der Waals surface area contributed by atoms with Crippen LogP contribution in [0.3, 0.4) is 0 Å². The Hall–Kier alpha value is -1.58. The molecule has 0 saturated heterocycles. The van der Waals surface area contributed by atoms with Crippen LogP contribution in [-0.4, -0.2) is 50.9 Å². The molecule has 0 bridgehead atoms. The van der Waals surface area contributed by atoms with E-state index in [4.69, 9.17) is 0 Å². The van der Waals surface area contributed by atoms with Gasteiger partial charge in [-0.1, -0.05) is 38.5 Å². The second kappa shape index (κ2) is 8.88. The molecule has 0 aromatic heterocycles. The lowest BCUT2D eigenvalue weighted by molar-refractivity contribution is -0.186. The standard InChI is InChI=1S/C17H30N4O5/c1-16(24,14(22)18-12-8-4-2-5-9-12)20-21-17(25,26)15(23)19-13-10-6-3-7-11-13/h12-13,24-26H,2-11H2,1H3,(H,18,22)(H,19,23)/b21-20+. The molecule has 1 atom stereocenters. The SMILES string of the molecule is CC(O)(/N=N/C(O)(O)C(=O)NC1CCCCC1)C(=O)NC1CCCCC1. The average molecular weight is 370 g/mol. The van der Waals surface area contributed by atoms with Crippen molar-refractivity contribution >= 4 is 11.8 Å². The van der Waals surface area contributed by atoms with E-state index in [1.54, 1.807) is 0 Å². The molecule has 0 radical (unpaired) electrons. The Labute approximate surface area is 153 Å². The smallest absolute Gasteiger partial charge is 0.361 e. The van der Waals surface area contributed by atoms with Crippen molar-refractivity contribution in [1.82, 2.24) is 10.6 Å². The van der Waals surface area contributed by atoms with E-state index in [-0.39, 0.29) is 12.1 Å². The van der Waals surface area contributed by atoms with Gasteiger partial charge in [0.2, 0.25) is 0 Å². The van der Waals surface area contributed by atoms with Crippen molar-refractivity contribution in [2.45, 2.75) is 94.9 Å². The van der Waals surface area contributed by atoms with Crippen molar-refractivity contribution < 1.29 is 24.9 Å². The number of carbonyl (C=O) groups is 2. The fourth-order valence-electron chi connectivity index (χ4n) is 3.36. The second-order valence-electron chi connectivity index (χ2n) is 7.47. The third-order valence-electron chi connectivity index (χ3n) is 5.00. The predicted molar refractivity (Wildman–Crippen MR) is 92.7 cm³/mol. The van der Waals surface area contributed by atoms with Gasteiger partial charge < -0.3 is 26.0 Å². The van der Waals surface area contributed by atoms with E-state index in [9.17, 15) is 24.9 Å². The fraction of sp³-hybridized carbons (Fsp3) is 0.882. The molecule has 2 aliphatic rings. The van der Waals surface area contributed by atoms with E-state index >= 15 is 0 Å². The normalized spacial score (nSPS) is 22.8. The number of rotatable bonds is 6. The van der Waals surface area contributed by atoms with Crippen molar-refractivity contribution in [2.75, 3.05) is 0 Å². The number of amides is 2. The van der Waals surface area contributed by atoms with Crippen LogP contribution in [0.1, 0.15) is 71.1 Å². The molecule has 5 N–H and O–H groups in total. The van der Waals surface area contributed by atoms with Crippen LogP contribution in [0.2, 0.25) is 0 Å². The van der Waals surface area contributed by atoms with Crippen molar-refractivity contribution in [2.24, 2.45) is 10.2 Å². The molecular formula is C17H30N4O5. The third-order valence-corrected chi connectivity index (χ3v) is 5.00. The highest BCUT2D eigenvalue weighted by Gasteiger charge is 2.38. The van der Waals surface area contributed by atoms with Gasteiger partial charge in [-0.2, -0.15) is 0 Å². The van der Waals surface area contributed by atoms with Crippen LogP contribution in [0.4, 0.5) is 0 Å². The molecule has 0 spiro atoms. The summed E-state index contributed by atoms with van der Waals surface area (Å²) in [6.45, 7) is 1.09. The van der Waals surface area contributed by atoms with Gasteiger partial charge in [0, 0.05) is 12.1 Å². The molecular weight excluding hydrogens is 340 g/mol. The van der Waals surface area contributed by atoms with Crippen LogP contribution in [0.5, 0.6) is 0 Å². The highest BCUT2D eigenvalue weighted by Crippen LogP contribution is 2.20. The fourth-order valence-corrected chi connectivity index (χ4v) is 3.36. The average Bonchev–Trinajstić information content (AvgIpc) is 2.62. The van der Waals surface area contributed by atoms with Crippen molar-refractivity contribution in [3.05, 3.63) is 0 Å². The Bertz CT molecular complexity index is 477. The summed E-state index contributed by atoms with van der Waals surface area (Å²) in [5.74, 6) is -5.03. The van der Waals surface area contributed by atoms with Crippen LogP contribution >= 0.6 is 0 Å². The van der Waals surface area contributed by atoms with Gasteiger partial charge in [0.15, 0.2) is 0 Å². The highest BCUT2D eigenvalue weighted by atomic mass is 16.5. The van der Waals surface area contributed by atoms with Crippen molar-refractivity contribution in [1.29, 1.82) is 0 Å². The zero-order valence-electron chi connectivity index (χ0n) is 15.3. The lowest BCUT2D eigenvalue weighted by Crippen LogP contribution is -2.51. The van der Waals surface area contributed by atoms with E-state index < -0.39 is 23.5 Å². The van der Waals surface area contributed by atoms with Crippen molar-refractivity contribution in [3.8, 4) is 0 Å². The minimum absolute atomic E-state index is 0.0412. The van der Waals surface area contributed by atoms with Gasteiger partial charge in [0.25, 0.3) is 11.6 Å². The first-order valence-electron chi connectivity index (χ1n) is 9.44. The van der Waals surface area contributed by atoms with E-state index in [1.165, 1.54) is 0 Å². The molecule has 0 aromatic rings. The zero-order chi connectivity index (χ0) is 19.2. The van der Waals surface area contributed by atoms with E-state index in [0.717, 1.165) is 71.1 Å². The number of azo groups is 1. The molecule has 2 fully saturated rings. The molecule has 2 amide bonds. The van der Waals surface area contributed by atoms with Gasteiger partial charge in [-0.3, -0.25) is 9.59 Å². The molecule has 1 unspecified atom stereocenters.